The molecule has 0 rings (SSSR count). The molecule has 490 valence electrons. The molecule has 0 spiro atoms. The van der Waals surface area contributed by atoms with Gasteiger partial charge in [-0.3, -0.25) is 9.59 Å². The molecular formula is C76H151NO5. The molecule has 0 aliphatic carbocycles. The SMILES string of the molecule is CCCCCCCCCCCCCCCCCC(O)C(CO)NC(=O)CCCCCCCCCCCCCCCCCCCCCCCCCCCCCCCCCCCCCCCCCOC(=O)CCCCCCCCCCCCC. The van der Waals surface area contributed by atoms with E-state index in [4.69, 9.17) is 4.74 Å². The topological polar surface area (TPSA) is 95.9 Å². The van der Waals surface area contributed by atoms with Gasteiger partial charge >= 0.3 is 5.97 Å². The number of aliphatic hydroxyl groups is 2. The maximum absolute atomic E-state index is 12.5. The fourth-order valence-electron chi connectivity index (χ4n) is 12.6. The second-order valence-electron chi connectivity index (χ2n) is 26.7. The minimum absolute atomic E-state index is 0.0247. The first kappa shape index (κ1) is 80.9. The molecule has 6 nitrogen and oxygen atoms in total. The zero-order valence-corrected chi connectivity index (χ0v) is 56.3. The number of amides is 1. The van der Waals surface area contributed by atoms with E-state index < -0.39 is 12.1 Å². The van der Waals surface area contributed by atoms with Gasteiger partial charge in [-0.05, 0) is 25.7 Å². The Labute approximate surface area is 515 Å². The minimum atomic E-state index is -0.658. The Morgan fingerprint density at radius 1 is 0.293 bits per heavy atom. The normalized spacial score (nSPS) is 12.4. The molecule has 0 heterocycles. The Bertz CT molecular complexity index is 1200. The summed E-state index contributed by atoms with van der Waals surface area (Å²) in [7, 11) is 0. The number of rotatable bonds is 73. The summed E-state index contributed by atoms with van der Waals surface area (Å²) in [6.07, 6.45) is 89.2. The molecule has 6 heteroatoms. The summed E-state index contributed by atoms with van der Waals surface area (Å²) in [4.78, 5) is 24.5. The maximum Gasteiger partial charge on any atom is 0.305 e. The number of nitrogens with one attached hydrogen (secondary N) is 1. The van der Waals surface area contributed by atoms with E-state index in [1.165, 1.54) is 379 Å². The van der Waals surface area contributed by atoms with E-state index in [1.54, 1.807) is 0 Å². The lowest BCUT2D eigenvalue weighted by molar-refractivity contribution is -0.143. The van der Waals surface area contributed by atoms with Crippen LogP contribution in [0.1, 0.15) is 450 Å². The van der Waals surface area contributed by atoms with Crippen molar-refractivity contribution in [3.63, 3.8) is 0 Å². The molecule has 0 aromatic rings. The summed E-state index contributed by atoms with van der Waals surface area (Å²) in [5, 5.41) is 23.4. The average Bonchev–Trinajstić information content (AvgIpc) is 3.48. The number of unbranched alkanes of at least 4 members (excludes halogenated alkanes) is 62. The van der Waals surface area contributed by atoms with E-state index in [-0.39, 0.29) is 18.5 Å². The van der Waals surface area contributed by atoms with Crippen LogP contribution in [-0.2, 0) is 14.3 Å². The van der Waals surface area contributed by atoms with Crippen molar-refractivity contribution in [3.8, 4) is 0 Å². The quantitative estimate of drug-likeness (QED) is 0.0417. The Balaban J connectivity index is 3.27. The van der Waals surface area contributed by atoms with Crippen molar-refractivity contribution in [3.05, 3.63) is 0 Å². The number of esters is 1. The fraction of sp³-hybridized carbons (Fsp3) is 0.974. The molecule has 0 fully saturated rings. The second-order valence-corrected chi connectivity index (χ2v) is 26.7. The highest BCUT2D eigenvalue weighted by Crippen LogP contribution is 2.20. The van der Waals surface area contributed by atoms with Gasteiger partial charge in [0.25, 0.3) is 0 Å². The van der Waals surface area contributed by atoms with Gasteiger partial charge in [-0.1, -0.05) is 412 Å². The summed E-state index contributed by atoms with van der Waals surface area (Å²) in [5.41, 5.74) is 0. The van der Waals surface area contributed by atoms with E-state index in [0.29, 0.717) is 25.9 Å². The molecule has 82 heavy (non-hydrogen) atoms. The molecule has 0 saturated heterocycles. The summed E-state index contributed by atoms with van der Waals surface area (Å²) < 4.78 is 5.48. The molecule has 3 N–H and O–H groups in total. The van der Waals surface area contributed by atoms with Crippen molar-refractivity contribution in [2.75, 3.05) is 13.2 Å². The lowest BCUT2D eigenvalue weighted by Gasteiger charge is -2.22. The number of carbonyl (C=O) groups is 2. The third-order valence-electron chi connectivity index (χ3n) is 18.4. The summed E-state index contributed by atoms with van der Waals surface area (Å²) in [6.45, 7) is 5.00. The largest absolute Gasteiger partial charge is 0.466 e. The van der Waals surface area contributed by atoms with Crippen molar-refractivity contribution in [1.82, 2.24) is 5.32 Å². The minimum Gasteiger partial charge on any atom is -0.466 e. The maximum atomic E-state index is 12.5. The van der Waals surface area contributed by atoms with Crippen LogP contribution in [0.5, 0.6) is 0 Å². The molecule has 0 aromatic carbocycles. The third kappa shape index (κ3) is 68.0. The van der Waals surface area contributed by atoms with Gasteiger partial charge in [0.05, 0.1) is 25.4 Å². The van der Waals surface area contributed by atoms with Crippen molar-refractivity contribution < 1.29 is 24.5 Å². The van der Waals surface area contributed by atoms with Gasteiger partial charge in [0, 0.05) is 12.8 Å². The predicted octanol–water partition coefficient (Wildman–Crippen LogP) is 24.9. The molecule has 2 unspecified atom stereocenters. The van der Waals surface area contributed by atoms with Gasteiger partial charge in [-0.15, -0.1) is 0 Å². The van der Waals surface area contributed by atoms with E-state index in [1.807, 2.05) is 0 Å². The highest BCUT2D eigenvalue weighted by Gasteiger charge is 2.20. The van der Waals surface area contributed by atoms with E-state index in [9.17, 15) is 19.8 Å². The number of aliphatic hydroxyl groups excluding tert-OH is 2. The Hall–Kier alpha value is -1.14. The third-order valence-corrected chi connectivity index (χ3v) is 18.4. The smallest absolute Gasteiger partial charge is 0.305 e. The Morgan fingerprint density at radius 3 is 0.744 bits per heavy atom. The van der Waals surface area contributed by atoms with Gasteiger partial charge in [-0.25, -0.2) is 0 Å². The van der Waals surface area contributed by atoms with E-state index in [0.717, 1.165) is 38.5 Å². The molecule has 1 amide bonds. The van der Waals surface area contributed by atoms with Gasteiger partial charge in [0.1, 0.15) is 0 Å². The van der Waals surface area contributed by atoms with Crippen LogP contribution < -0.4 is 5.32 Å². The van der Waals surface area contributed by atoms with Crippen LogP contribution in [0.2, 0.25) is 0 Å². The lowest BCUT2D eigenvalue weighted by Crippen LogP contribution is -2.45. The highest BCUT2D eigenvalue weighted by molar-refractivity contribution is 5.76. The fourth-order valence-corrected chi connectivity index (χ4v) is 12.6. The van der Waals surface area contributed by atoms with Gasteiger partial charge in [0.2, 0.25) is 5.91 Å². The first-order valence-corrected chi connectivity index (χ1v) is 38.3. The second kappa shape index (κ2) is 72.3. The number of hydrogen-bond donors (Lipinski definition) is 3. The molecule has 0 radical (unpaired) electrons. The molecule has 0 bridgehead atoms. The van der Waals surface area contributed by atoms with E-state index >= 15 is 0 Å². The van der Waals surface area contributed by atoms with Crippen LogP contribution in [0, 0.1) is 0 Å². The zero-order chi connectivity index (χ0) is 59.2. The molecule has 0 aromatic heterocycles. The van der Waals surface area contributed by atoms with Crippen LogP contribution in [0.15, 0.2) is 0 Å². The Morgan fingerprint density at radius 2 is 0.500 bits per heavy atom. The van der Waals surface area contributed by atoms with Crippen molar-refractivity contribution in [2.24, 2.45) is 0 Å². The zero-order valence-electron chi connectivity index (χ0n) is 56.3. The summed E-state index contributed by atoms with van der Waals surface area (Å²) in [5.74, 6) is 0.0000774. The van der Waals surface area contributed by atoms with Crippen LogP contribution >= 0.6 is 0 Å². The standard InChI is InChI=1S/C76H151NO5/c1-3-5-7-9-11-13-15-16-42-45-49-52-56-60-64-68-74(79)73(72-78)77-75(80)69-65-61-57-53-50-46-43-40-38-36-34-32-30-28-26-24-22-20-18-17-19-21-23-25-27-29-31-33-35-37-39-41-44-47-51-55-59-63-67-71-82-76(81)70-66-62-58-54-48-14-12-10-8-6-4-2/h73-74,78-79H,3-72H2,1-2H3,(H,77,80). The number of carbonyl (C=O) groups excluding carboxylic acids is 2. The number of hydrogen-bond acceptors (Lipinski definition) is 5. The first-order chi connectivity index (χ1) is 40.5. The lowest BCUT2D eigenvalue weighted by atomic mass is 10.0. The summed E-state index contributed by atoms with van der Waals surface area (Å²) >= 11 is 0. The van der Waals surface area contributed by atoms with Crippen molar-refractivity contribution >= 4 is 11.9 Å². The monoisotopic (exact) mass is 1160 g/mol. The van der Waals surface area contributed by atoms with Crippen LogP contribution in [0.4, 0.5) is 0 Å². The molecule has 0 aliphatic rings. The predicted molar refractivity (Wildman–Crippen MR) is 361 cm³/mol. The van der Waals surface area contributed by atoms with Gasteiger partial charge in [0.15, 0.2) is 0 Å². The first-order valence-electron chi connectivity index (χ1n) is 38.3. The van der Waals surface area contributed by atoms with Crippen LogP contribution in [0.25, 0.3) is 0 Å². The summed E-state index contributed by atoms with van der Waals surface area (Å²) in [6, 6.07) is -0.535. The van der Waals surface area contributed by atoms with E-state index in [2.05, 4.69) is 19.2 Å². The van der Waals surface area contributed by atoms with Crippen LogP contribution in [0.3, 0.4) is 0 Å². The van der Waals surface area contributed by atoms with Gasteiger partial charge < -0.3 is 20.3 Å². The molecule has 0 saturated carbocycles. The molecule has 2 atom stereocenters. The van der Waals surface area contributed by atoms with Crippen LogP contribution in [-0.4, -0.2) is 47.4 Å². The van der Waals surface area contributed by atoms with Crippen molar-refractivity contribution in [2.45, 2.75) is 463 Å². The van der Waals surface area contributed by atoms with Gasteiger partial charge in [-0.2, -0.15) is 0 Å². The number of ether oxygens (including phenoxy) is 1. The molecular weight excluding hydrogens is 1010 g/mol. The average molecular weight is 1160 g/mol. The van der Waals surface area contributed by atoms with Crippen molar-refractivity contribution in [1.29, 1.82) is 0 Å². The Kier molecular flexibility index (Phi) is 71.3. The molecule has 0 aliphatic heterocycles. The highest BCUT2D eigenvalue weighted by atomic mass is 16.5.